The van der Waals surface area contributed by atoms with Gasteiger partial charge in [0.25, 0.3) is 11.8 Å². The fourth-order valence-corrected chi connectivity index (χ4v) is 5.21. The van der Waals surface area contributed by atoms with Gasteiger partial charge < -0.3 is 20.4 Å². The predicted molar refractivity (Wildman–Crippen MR) is 132 cm³/mol. The van der Waals surface area contributed by atoms with Gasteiger partial charge in [-0.2, -0.15) is 0 Å². The molecule has 0 spiro atoms. The van der Waals surface area contributed by atoms with Crippen molar-refractivity contribution in [1.29, 1.82) is 0 Å². The molecule has 1 radical (unpaired) electrons. The van der Waals surface area contributed by atoms with Gasteiger partial charge in [0, 0.05) is 44.4 Å². The Morgan fingerprint density at radius 2 is 1.86 bits per heavy atom. The molecular weight excluding hydrogens is 442 g/mol. The minimum atomic E-state index is -0.259. The van der Waals surface area contributed by atoms with E-state index in [1.165, 1.54) is 5.56 Å². The summed E-state index contributed by atoms with van der Waals surface area (Å²) < 4.78 is 0. The van der Waals surface area contributed by atoms with Gasteiger partial charge in [-0.15, -0.1) is 0 Å². The molecule has 3 aliphatic rings. The van der Waals surface area contributed by atoms with Crippen molar-refractivity contribution in [3.8, 4) is 0 Å². The van der Waals surface area contributed by atoms with Crippen LogP contribution in [-0.2, 0) is 10.2 Å². The molecule has 0 bridgehead atoms. The molecule has 1 aliphatic carbocycles. The van der Waals surface area contributed by atoms with Gasteiger partial charge in [0.1, 0.15) is 11.5 Å². The molecule has 3 fully saturated rings. The highest BCUT2D eigenvalue weighted by molar-refractivity contribution is 5.95. The average molecular weight is 475 g/mol. The molecule has 8 nitrogen and oxygen atoms in total. The first-order chi connectivity index (χ1) is 16.7. The summed E-state index contributed by atoms with van der Waals surface area (Å²) in [6, 6.07) is 14.3. The molecule has 3 heterocycles. The summed E-state index contributed by atoms with van der Waals surface area (Å²) in [6.07, 6.45) is 0. The van der Waals surface area contributed by atoms with Crippen molar-refractivity contribution in [1.82, 2.24) is 20.5 Å². The Morgan fingerprint density at radius 3 is 2.51 bits per heavy atom. The van der Waals surface area contributed by atoms with E-state index in [4.69, 9.17) is 0 Å². The number of likely N-dealkylation sites (tertiary alicyclic amines) is 1. The van der Waals surface area contributed by atoms with Crippen LogP contribution >= 0.6 is 0 Å². The molecule has 1 aromatic carbocycles. The highest BCUT2D eigenvalue weighted by Crippen LogP contribution is 2.51. The second-order valence-electron chi connectivity index (χ2n) is 10.8. The number of nitrogens with one attached hydrogen (secondary N) is 2. The highest BCUT2D eigenvalue weighted by Gasteiger charge is 2.56. The number of benzene rings is 1. The van der Waals surface area contributed by atoms with Crippen LogP contribution in [0.3, 0.4) is 0 Å². The number of hydrogen-bond acceptors (Lipinski definition) is 5. The van der Waals surface area contributed by atoms with E-state index in [1.54, 1.807) is 12.1 Å². The lowest BCUT2D eigenvalue weighted by molar-refractivity contribution is -0.120. The number of amides is 3. The summed E-state index contributed by atoms with van der Waals surface area (Å²) in [5, 5.41) is 5.78. The largest absolute Gasteiger partial charge is 0.353 e. The lowest BCUT2D eigenvalue weighted by Crippen LogP contribution is -2.48. The molecule has 8 heteroatoms. The summed E-state index contributed by atoms with van der Waals surface area (Å²) in [6.45, 7) is 9.99. The first kappa shape index (κ1) is 23.3. The Labute approximate surface area is 206 Å². The number of piperazine rings is 1. The number of pyridine rings is 1. The van der Waals surface area contributed by atoms with Crippen molar-refractivity contribution in [2.45, 2.75) is 26.2 Å². The number of hydrogen-bond donors (Lipinski definition) is 2. The highest BCUT2D eigenvalue weighted by atomic mass is 16.2. The average Bonchev–Trinajstić information content (AvgIpc) is 3.29. The molecule has 1 aromatic heterocycles. The molecule has 2 N–H and O–H groups in total. The molecule has 2 aliphatic heterocycles. The Hall–Kier alpha value is -3.42. The molecule has 183 valence electrons. The normalized spacial score (nSPS) is 23.5. The molecule has 2 saturated heterocycles. The third-order valence-electron chi connectivity index (χ3n) is 7.41. The molecule has 5 rings (SSSR count). The van der Waals surface area contributed by atoms with E-state index in [1.807, 2.05) is 34.1 Å². The van der Waals surface area contributed by atoms with Crippen LogP contribution in [0, 0.1) is 23.8 Å². The second kappa shape index (κ2) is 8.98. The third kappa shape index (κ3) is 4.88. The van der Waals surface area contributed by atoms with Crippen molar-refractivity contribution < 1.29 is 14.4 Å². The molecule has 35 heavy (non-hydrogen) atoms. The van der Waals surface area contributed by atoms with Crippen molar-refractivity contribution >= 4 is 23.5 Å². The number of carbonyl (C=O) groups excluding carboxylic acids is 3. The van der Waals surface area contributed by atoms with E-state index in [0.29, 0.717) is 43.2 Å². The molecule has 1 saturated carbocycles. The van der Waals surface area contributed by atoms with Crippen molar-refractivity contribution in [2.75, 3.05) is 44.2 Å². The SMILES string of the molecule is CC(C)(C)c1ccc(C(=O)N2CC3C(CNC(=O)c4[c]ccc(N5CCNC(=O)C5)n4)C3C2)cc1. The van der Waals surface area contributed by atoms with Gasteiger partial charge in [0.15, 0.2) is 0 Å². The lowest BCUT2D eigenvalue weighted by Gasteiger charge is -2.27. The molecule has 2 unspecified atom stereocenters. The van der Waals surface area contributed by atoms with Crippen molar-refractivity contribution in [3.05, 3.63) is 59.3 Å². The standard InChI is InChI=1S/C27H32N5O3/c1-27(2,3)18-9-7-17(8-10-18)26(35)32-14-20-19(21(20)15-32)13-29-25(34)22-5-4-6-23(30-22)31-12-11-28-24(33)16-31/h4,6-10,19-21H,11-16H2,1-3H3,(H,28,33)(H,29,34). The van der Waals surface area contributed by atoms with Crippen LogP contribution in [0.15, 0.2) is 36.4 Å². The van der Waals surface area contributed by atoms with Crippen LogP contribution in [0.25, 0.3) is 0 Å². The minimum Gasteiger partial charge on any atom is -0.353 e. The lowest BCUT2D eigenvalue weighted by atomic mass is 9.86. The molecule has 2 atom stereocenters. The Morgan fingerprint density at radius 1 is 1.14 bits per heavy atom. The maximum absolute atomic E-state index is 12.9. The van der Waals surface area contributed by atoms with E-state index in [9.17, 15) is 14.4 Å². The Balaban J connectivity index is 1.11. The monoisotopic (exact) mass is 474 g/mol. The van der Waals surface area contributed by atoms with Gasteiger partial charge >= 0.3 is 0 Å². The van der Waals surface area contributed by atoms with Gasteiger partial charge in [-0.05, 0) is 53.0 Å². The number of rotatable bonds is 5. The summed E-state index contributed by atoms with van der Waals surface area (Å²) in [4.78, 5) is 45.5. The van der Waals surface area contributed by atoms with Gasteiger partial charge in [-0.3, -0.25) is 14.4 Å². The first-order valence-electron chi connectivity index (χ1n) is 12.3. The van der Waals surface area contributed by atoms with Crippen LogP contribution in [0.5, 0.6) is 0 Å². The van der Waals surface area contributed by atoms with Gasteiger partial charge in [-0.25, -0.2) is 4.98 Å². The fourth-order valence-electron chi connectivity index (χ4n) is 5.21. The smallest absolute Gasteiger partial charge is 0.270 e. The maximum Gasteiger partial charge on any atom is 0.270 e. The summed E-state index contributed by atoms with van der Waals surface area (Å²) in [5.74, 6) is 1.64. The van der Waals surface area contributed by atoms with Crippen LogP contribution in [0.4, 0.5) is 5.82 Å². The second-order valence-corrected chi connectivity index (χ2v) is 10.8. The van der Waals surface area contributed by atoms with E-state index in [0.717, 1.165) is 18.7 Å². The van der Waals surface area contributed by atoms with Crippen LogP contribution in [0.1, 0.15) is 47.2 Å². The minimum absolute atomic E-state index is 0.0494. The van der Waals surface area contributed by atoms with E-state index >= 15 is 0 Å². The number of piperidine rings is 1. The zero-order valence-electron chi connectivity index (χ0n) is 20.5. The van der Waals surface area contributed by atoms with Crippen LogP contribution in [0.2, 0.25) is 0 Å². The predicted octanol–water partition coefficient (Wildman–Crippen LogP) is 1.86. The fraction of sp³-hybridized carbons (Fsp3) is 0.481. The van der Waals surface area contributed by atoms with E-state index in [2.05, 4.69) is 42.5 Å². The van der Waals surface area contributed by atoms with Gasteiger partial charge in [-0.1, -0.05) is 32.9 Å². The first-order valence-corrected chi connectivity index (χ1v) is 12.3. The molecule has 3 amide bonds. The summed E-state index contributed by atoms with van der Waals surface area (Å²) in [5.41, 5.74) is 2.24. The van der Waals surface area contributed by atoms with E-state index in [-0.39, 0.29) is 35.4 Å². The third-order valence-corrected chi connectivity index (χ3v) is 7.41. The number of fused-ring (bicyclic) bond motifs is 1. The zero-order chi connectivity index (χ0) is 24.7. The Bertz CT molecular complexity index is 1130. The maximum atomic E-state index is 12.9. The van der Waals surface area contributed by atoms with Gasteiger partial charge in [0.2, 0.25) is 5.91 Å². The van der Waals surface area contributed by atoms with Gasteiger partial charge in [0.05, 0.1) is 6.54 Å². The number of anilines is 1. The number of nitrogens with zero attached hydrogens (tertiary/aromatic N) is 3. The summed E-state index contributed by atoms with van der Waals surface area (Å²) >= 11 is 0. The number of carbonyl (C=O) groups is 3. The van der Waals surface area contributed by atoms with Crippen LogP contribution < -0.4 is 15.5 Å². The molecular formula is C27H32N5O3. The van der Waals surface area contributed by atoms with E-state index < -0.39 is 0 Å². The van der Waals surface area contributed by atoms with Crippen LogP contribution in [-0.4, -0.2) is 66.9 Å². The van der Waals surface area contributed by atoms with Crippen molar-refractivity contribution in [3.63, 3.8) is 0 Å². The number of aromatic nitrogens is 1. The molecule has 2 aromatic rings. The topological polar surface area (TPSA) is 94.6 Å². The Kier molecular flexibility index (Phi) is 5.99. The zero-order valence-corrected chi connectivity index (χ0v) is 20.5. The summed E-state index contributed by atoms with van der Waals surface area (Å²) in [7, 11) is 0. The quantitative estimate of drug-likeness (QED) is 0.690. The van der Waals surface area contributed by atoms with Crippen molar-refractivity contribution in [2.24, 2.45) is 17.8 Å².